The van der Waals surface area contributed by atoms with Crippen LogP contribution in [0.3, 0.4) is 0 Å². The highest BCUT2D eigenvalue weighted by Gasteiger charge is 2.11. The Morgan fingerprint density at radius 2 is 2.06 bits per heavy atom. The van der Waals surface area contributed by atoms with Crippen LogP contribution in [0.5, 0.6) is 0 Å². The van der Waals surface area contributed by atoms with Crippen molar-refractivity contribution in [2.24, 2.45) is 0 Å². The Morgan fingerprint density at radius 1 is 1.29 bits per heavy atom. The molecule has 0 saturated heterocycles. The highest BCUT2D eigenvalue weighted by molar-refractivity contribution is 6.20. The van der Waals surface area contributed by atoms with Crippen LogP contribution in [0.15, 0.2) is 22.6 Å². The molecule has 4 nitrogen and oxygen atoms in total. The zero-order valence-corrected chi connectivity index (χ0v) is 9.50. The summed E-state index contributed by atoms with van der Waals surface area (Å²) in [5.74, 6) is -1.63. The van der Waals surface area contributed by atoms with Crippen LogP contribution in [0.1, 0.15) is 18.2 Å². The minimum absolute atomic E-state index is 0.0681. The van der Waals surface area contributed by atoms with Crippen molar-refractivity contribution in [2.45, 2.75) is 12.3 Å². The molecule has 2 rings (SSSR count). The van der Waals surface area contributed by atoms with E-state index in [4.69, 9.17) is 16.0 Å². The smallest absolute Gasteiger partial charge is 0.320 e. The number of hydrogen-bond donors (Lipinski definition) is 1. The van der Waals surface area contributed by atoms with Crippen molar-refractivity contribution in [1.82, 2.24) is 10.2 Å². The van der Waals surface area contributed by atoms with Gasteiger partial charge in [0.15, 0.2) is 11.6 Å². The van der Waals surface area contributed by atoms with Gasteiger partial charge >= 0.3 is 6.01 Å². The summed E-state index contributed by atoms with van der Waals surface area (Å²) in [5, 5.41) is 9.56. The van der Waals surface area contributed by atoms with E-state index in [0.29, 0.717) is 5.69 Å². The number of alkyl halides is 1. The van der Waals surface area contributed by atoms with Gasteiger partial charge in [0.25, 0.3) is 0 Å². The Kier molecular flexibility index (Phi) is 3.23. The maximum absolute atomic E-state index is 12.9. The summed E-state index contributed by atoms with van der Waals surface area (Å²) in [5.41, 5.74) is 0.307. The lowest BCUT2D eigenvalue weighted by molar-refractivity contribution is 0.505. The van der Waals surface area contributed by atoms with E-state index in [0.717, 1.165) is 12.1 Å². The van der Waals surface area contributed by atoms with E-state index >= 15 is 0 Å². The summed E-state index contributed by atoms with van der Waals surface area (Å²) < 4.78 is 30.7. The Bertz CT molecular complexity index is 530. The molecule has 0 bridgehead atoms. The van der Waals surface area contributed by atoms with Crippen LogP contribution < -0.4 is 5.32 Å². The van der Waals surface area contributed by atoms with Gasteiger partial charge < -0.3 is 9.73 Å². The molecule has 0 spiro atoms. The van der Waals surface area contributed by atoms with E-state index in [1.165, 1.54) is 6.07 Å². The fourth-order valence-corrected chi connectivity index (χ4v) is 1.23. The van der Waals surface area contributed by atoms with Crippen molar-refractivity contribution < 1.29 is 13.2 Å². The molecule has 1 unspecified atom stereocenters. The van der Waals surface area contributed by atoms with Gasteiger partial charge in [0, 0.05) is 11.8 Å². The average Bonchev–Trinajstić information content (AvgIpc) is 2.72. The molecular formula is C10H8ClF2N3O. The van der Waals surface area contributed by atoms with Gasteiger partial charge in [-0.05, 0) is 19.1 Å². The van der Waals surface area contributed by atoms with Gasteiger partial charge in [-0.15, -0.1) is 16.7 Å². The number of halogens is 3. The summed E-state index contributed by atoms with van der Waals surface area (Å²) in [7, 11) is 0. The van der Waals surface area contributed by atoms with Crippen LogP contribution in [0.4, 0.5) is 20.5 Å². The molecular weight excluding hydrogens is 252 g/mol. The van der Waals surface area contributed by atoms with Crippen molar-refractivity contribution >= 4 is 23.3 Å². The quantitative estimate of drug-likeness (QED) is 0.859. The van der Waals surface area contributed by atoms with Gasteiger partial charge in [-0.3, -0.25) is 0 Å². The molecule has 90 valence electrons. The SMILES string of the molecule is CC(Cl)c1nnc(Nc2ccc(F)c(F)c2)o1. The van der Waals surface area contributed by atoms with Gasteiger partial charge in [0.05, 0.1) is 0 Å². The van der Waals surface area contributed by atoms with E-state index in [9.17, 15) is 8.78 Å². The van der Waals surface area contributed by atoms with E-state index in [1.807, 2.05) is 0 Å². The molecule has 0 aliphatic rings. The summed E-state index contributed by atoms with van der Waals surface area (Å²) in [4.78, 5) is 0. The van der Waals surface area contributed by atoms with Crippen LogP contribution in [0.2, 0.25) is 0 Å². The van der Waals surface area contributed by atoms with E-state index < -0.39 is 17.0 Å². The number of hydrogen-bond acceptors (Lipinski definition) is 4. The first-order valence-corrected chi connectivity index (χ1v) is 5.19. The normalized spacial score (nSPS) is 12.5. The topological polar surface area (TPSA) is 51.0 Å². The van der Waals surface area contributed by atoms with E-state index in [-0.39, 0.29) is 11.9 Å². The molecule has 1 aromatic carbocycles. The zero-order chi connectivity index (χ0) is 12.4. The van der Waals surface area contributed by atoms with Crippen LogP contribution in [-0.2, 0) is 0 Å². The van der Waals surface area contributed by atoms with Crippen LogP contribution in [0.25, 0.3) is 0 Å². The Morgan fingerprint density at radius 3 is 2.65 bits per heavy atom. The molecule has 0 amide bonds. The Balaban J connectivity index is 2.16. The molecule has 0 aliphatic carbocycles. The van der Waals surface area contributed by atoms with Crippen LogP contribution in [-0.4, -0.2) is 10.2 Å². The molecule has 2 aromatic rings. The van der Waals surface area contributed by atoms with Gasteiger partial charge in [-0.2, -0.15) is 0 Å². The lowest BCUT2D eigenvalue weighted by Gasteiger charge is -2.01. The minimum atomic E-state index is -0.958. The third kappa shape index (κ3) is 2.71. The maximum Gasteiger partial charge on any atom is 0.320 e. The second kappa shape index (κ2) is 4.67. The van der Waals surface area contributed by atoms with Gasteiger partial charge in [0.2, 0.25) is 5.89 Å². The predicted molar refractivity (Wildman–Crippen MR) is 58.2 cm³/mol. The van der Waals surface area contributed by atoms with E-state index in [1.54, 1.807) is 6.92 Å². The summed E-state index contributed by atoms with van der Waals surface area (Å²) in [6.07, 6.45) is 0. The Hall–Kier alpha value is -1.69. The number of nitrogens with zero attached hydrogens (tertiary/aromatic N) is 2. The molecule has 0 aliphatic heterocycles. The van der Waals surface area contributed by atoms with Gasteiger partial charge in [-0.1, -0.05) is 5.10 Å². The summed E-state index contributed by atoms with van der Waals surface area (Å²) in [6, 6.07) is 3.41. The van der Waals surface area contributed by atoms with Crippen molar-refractivity contribution in [3.05, 3.63) is 35.7 Å². The maximum atomic E-state index is 12.9. The molecule has 1 atom stereocenters. The number of anilines is 2. The standard InChI is InChI=1S/C10H8ClF2N3O/c1-5(11)9-15-16-10(17-9)14-6-2-3-7(12)8(13)4-6/h2-5H,1H3,(H,14,16). The molecule has 7 heteroatoms. The first-order chi connectivity index (χ1) is 8.06. The first kappa shape index (κ1) is 11.8. The lowest BCUT2D eigenvalue weighted by Crippen LogP contribution is -1.92. The van der Waals surface area contributed by atoms with E-state index in [2.05, 4.69) is 15.5 Å². The fraction of sp³-hybridized carbons (Fsp3) is 0.200. The third-order valence-corrected chi connectivity index (χ3v) is 2.14. The van der Waals surface area contributed by atoms with Crippen molar-refractivity contribution in [2.75, 3.05) is 5.32 Å². The third-order valence-electron chi connectivity index (χ3n) is 1.95. The highest BCUT2D eigenvalue weighted by Crippen LogP contribution is 2.22. The average molecular weight is 260 g/mol. The molecule has 0 fully saturated rings. The lowest BCUT2D eigenvalue weighted by atomic mass is 10.3. The molecule has 1 aromatic heterocycles. The molecule has 17 heavy (non-hydrogen) atoms. The van der Waals surface area contributed by atoms with Crippen LogP contribution >= 0.6 is 11.6 Å². The van der Waals surface area contributed by atoms with Crippen molar-refractivity contribution in [3.63, 3.8) is 0 Å². The first-order valence-electron chi connectivity index (χ1n) is 4.76. The van der Waals surface area contributed by atoms with Gasteiger partial charge in [-0.25, -0.2) is 8.78 Å². The monoisotopic (exact) mass is 259 g/mol. The summed E-state index contributed by atoms with van der Waals surface area (Å²) in [6.45, 7) is 1.68. The largest absolute Gasteiger partial charge is 0.406 e. The second-order valence-corrected chi connectivity index (χ2v) is 3.97. The highest BCUT2D eigenvalue weighted by atomic mass is 35.5. The van der Waals surface area contributed by atoms with Crippen LogP contribution in [0, 0.1) is 11.6 Å². The molecule has 1 N–H and O–H groups in total. The zero-order valence-electron chi connectivity index (χ0n) is 8.75. The minimum Gasteiger partial charge on any atom is -0.406 e. The number of nitrogens with one attached hydrogen (secondary N) is 1. The van der Waals surface area contributed by atoms with Gasteiger partial charge in [0.1, 0.15) is 5.38 Å². The molecule has 1 heterocycles. The van der Waals surface area contributed by atoms with Crippen molar-refractivity contribution in [1.29, 1.82) is 0 Å². The summed E-state index contributed by atoms with van der Waals surface area (Å²) >= 11 is 5.73. The number of rotatable bonds is 3. The number of benzene rings is 1. The van der Waals surface area contributed by atoms with Crippen molar-refractivity contribution in [3.8, 4) is 0 Å². The predicted octanol–water partition coefficient (Wildman–Crippen LogP) is 3.39. The molecule has 0 radical (unpaired) electrons. The second-order valence-electron chi connectivity index (χ2n) is 3.32. The molecule has 0 saturated carbocycles. The fourth-order valence-electron chi connectivity index (χ4n) is 1.14. The number of aromatic nitrogens is 2. The Labute approximate surface area is 101 Å².